The first kappa shape index (κ1) is 15.8. The molecule has 0 aliphatic carbocycles. The lowest BCUT2D eigenvalue weighted by Crippen LogP contribution is -2.13. The molecule has 22 heavy (non-hydrogen) atoms. The van der Waals surface area contributed by atoms with E-state index < -0.39 is 11.9 Å². The molecule has 0 unspecified atom stereocenters. The van der Waals surface area contributed by atoms with E-state index in [-0.39, 0.29) is 23.6 Å². The minimum atomic E-state index is -1.18. The Kier molecular flexibility index (Phi) is 4.62. The Hall–Kier alpha value is -2.60. The van der Waals surface area contributed by atoms with Crippen LogP contribution in [0.25, 0.3) is 11.1 Å². The summed E-state index contributed by atoms with van der Waals surface area (Å²) in [6.07, 6.45) is 0.387. The molecule has 0 fully saturated rings. The number of benzene rings is 1. The van der Waals surface area contributed by atoms with E-state index in [1.165, 1.54) is 11.7 Å². The number of nitrogens with zero attached hydrogens (tertiary/aromatic N) is 1. The lowest BCUT2D eigenvalue weighted by atomic mass is 9.99. The van der Waals surface area contributed by atoms with Gasteiger partial charge in [0.1, 0.15) is 12.4 Å². The van der Waals surface area contributed by atoms with Gasteiger partial charge in [0.05, 0.1) is 5.56 Å². The Labute approximate surface area is 127 Å². The molecule has 0 saturated carbocycles. The van der Waals surface area contributed by atoms with Crippen molar-refractivity contribution in [1.29, 1.82) is 0 Å². The van der Waals surface area contributed by atoms with Crippen LogP contribution in [0, 0.1) is 0 Å². The number of hydrogen-bond acceptors (Lipinski definition) is 3. The fraction of sp³-hybridized carbons (Fsp3) is 0.250. The van der Waals surface area contributed by atoms with Crippen molar-refractivity contribution in [2.45, 2.75) is 20.1 Å². The molecule has 0 spiro atoms. The van der Waals surface area contributed by atoms with Gasteiger partial charge in [-0.2, -0.15) is 0 Å². The van der Waals surface area contributed by atoms with Crippen molar-refractivity contribution in [3.05, 3.63) is 47.3 Å². The van der Waals surface area contributed by atoms with Crippen molar-refractivity contribution in [3.63, 3.8) is 0 Å². The van der Waals surface area contributed by atoms with E-state index in [4.69, 9.17) is 4.74 Å². The second kappa shape index (κ2) is 6.44. The van der Waals surface area contributed by atoms with Gasteiger partial charge in [0, 0.05) is 18.4 Å². The van der Waals surface area contributed by atoms with Crippen molar-refractivity contribution in [2.24, 2.45) is 0 Å². The van der Waals surface area contributed by atoms with E-state index in [1.807, 2.05) is 0 Å². The Morgan fingerprint density at radius 3 is 2.23 bits per heavy atom. The summed E-state index contributed by atoms with van der Waals surface area (Å²) >= 11 is 0. The highest BCUT2D eigenvalue weighted by Crippen LogP contribution is 2.33. The van der Waals surface area contributed by atoms with E-state index in [1.54, 1.807) is 37.3 Å². The van der Waals surface area contributed by atoms with E-state index >= 15 is 0 Å². The number of carboxylic acid groups (broad SMARTS) is 2. The van der Waals surface area contributed by atoms with Crippen LogP contribution >= 0.6 is 0 Å². The van der Waals surface area contributed by atoms with Gasteiger partial charge in [0.2, 0.25) is 0 Å². The summed E-state index contributed by atoms with van der Waals surface area (Å²) in [4.78, 5) is 23.4. The van der Waals surface area contributed by atoms with Crippen LogP contribution in [0.15, 0.2) is 30.3 Å². The lowest BCUT2D eigenvalue weighted by Gasteiger charge is -2.09. The molecule has 116 valence electrons. The minimum absolute atomic E-state index is 0.0160. The molecule has 1 aromatic carbocycles. The fourth-order valence-corrected chi connectivity index (χ4v) is 2.65. The van der Waals surface area contributed by atoms with Gasteiger partial charge in [0.25, 0.3) is 0 Å². The van der Waals surface area contributed by atoms with Crippen LogP contribution in [0.2, 0.25) is 0 Å². The molecule has 0 saturated heterocycles. The van der Waals surface area contributed by atoms with Gasteiger partial charge in [-0.3, -0.25) is 0 Å². The highest BCUT2D eigenvalue weighted by Gasteiger charge is 2.30. The summed E-state index contributed by atoms with van der Waals surface area (Å²) in [5, 5.41) is 19.2. The smallest absolute Gasteiger partial charge is 0.353 e. The standard InChI is InChI=1S/C16H17NO5/c1-3-11-13(15(18)19)12(10-7-5-4-6-8-10)14(16(20)21)17(11)9-22-2/h4-8H,3,9H2,1-2H3,(H,18,19)(H,20,21). The maximum atomic E-state index is 11.7. The van der Waals surface area contributed by atoms with Gasteiger partial charge in [-0.1, -0.05) is 37.3 Å². The zero-order chi connectivity index (χ0) is 16.3. The number of aromatic carboxylic acids is 2. The number of carbonyl (C=O) groups is 2. The Bertz CT molecular complexity index is 703. The van der Waals surface area contributed by atoms with Crippen LogP contribution in [0.4, 0.5) is 0 Å². The molecule has 0 bridgehead atoms. The predicted molar refractivity (Wildman–Crippen MR) is 80.2 cm³/mol. The highest BCUT2D eigenvalue weighted by atomic mass is 16.5. The normalized spacial score (nSPS) is 10.6. The SMILES string of the molecule is CCc1c(C(=O)O)c(-c2ccccc2)c(C(=O)O)n1COC. The molecule has 6 nitrogen and oxygen atoms in total. The summed E-state index contributed by atoms with van der Waals surface area (Å²) in [5.41, 5.74) is 1.16. The third-order valence-electron chi connectivity index (χ3n) is 3.44. The maximum absolute atomic E-state index is 11.7. The van der Waals surface area contributed by atoms with E-state index in [0.29, 0.717) is 17.7 Å². The molecule has 2 aromatic rings. The predicted octanol–water partition coefficient (Wildman–Crippen LogP) is 2.72. The summed E-state index contributed by atoms with van der Waals surface area (Å²) in [7, 11) is 1.44. The quantitative estimate of drug-likeness (QED) is 0.856. The van der Waals surface area contributed by atoms with Gasteiger partial charge in [0.15, 0.2) is 0 Å². The summed E-state index contributed by atoms with van der Waals surface area (Å²) < 4.78 is 6.46. The first-order valence-corrected chi connectivity index (χ1v) is 6.79. The molecule has 1 heterocycles. The molecule has 0 amide bonds. The second-order valence-corrected chi connectivity index (χ2v) is 4.72. The Balaban J connectivity index is 2.90. The summed E-state index contributed by atoms with van der Waals surface area (Å²) in [6, 6.07) is 8.67. The summed E-state index contributed by atoms with van der Waals surface area (Å²) in [5.74, 6) is -2.33. The monoisotopic (exact) mass is 303 g/mol. The van der Waals surface area contributed by atoms with Crippen LogP contribution in [-0.2, 0) is 17.9 Å². The molecular formula is C16H17NO5. The molecule has 0 aliphatic heterocycles. The topological polar surface area (TPSA) is 88.8 Å². The van der Waals surface area contributed by atoms with Crippen LogP contribution in [0.3, 0.4) is 0 Å². The zero-order valence-electron chi connectivity index (χ0n) is 12.4. The molecule has 6 heteroatoms. The third-order valence-corrected chi connectivity index (χ3v) is 3.44. The molecule has 1 aromatic heterocycles. The first-order valence-electron chi connectivity index (χ1n) is 6.79. The molecule has 2 N–H and O–H groups in total. The van der Waals surface area contributed by atoms with Crippen LogP contribution < -0.4 is 0 Å². The number of rotatable bonds is 6. The maximum Gasteiger partial charge on any atom is 0.353 e. The molecular weight excluding hydrogens is 286 g/mol. The minimum Gasteiger partial charge on any atom is -0.478 e. The van der Waals surface area contributed by atoms with Crippen LogP contribution in [-0.4, -0.2) is 33.8 Å². The average molecular weight is 303 g/mol. The molecule has 2 rings (SSSR count). The molecule has 0 radical (unpaired) electrons. The van der Waals surface area contributed by atoms with E-state index in [2.05, 4.69) is 0 Å². The Morgan fingerprint density at radius 2 is 1.77 bits per heavy atom. The second-order valence-electron chi connectivity index (χ2n) is 4.72. The summed E-state index contributed by atoms with van der Waals surface area (Å²) in [6.45, 7) is 1.77. The zero-order valence-corrected chi connectivity index (χ0v) is 12.4. The third kappa shape index (κ3) is 2.60. The average Bonchev–Trinajstić information content (AvgIpc) is 2.83. The fourth-order valence-electron chi connectivity index (χ4n) is 2.65. The number of aromatic nitrogens is 1. The highest BCUT2D eigenvalue weighted by molar-refractivity contribution is 6.05. The van der Waals surface area contributed by atoms with Crippen LogP contribution in [0.5, 0.6) is 0 Å². The molecule has 0 atom stereocenters. The number of ether oxygens (including phenoxy) is 1. The largest absolute Gasteiger partial charge is 0.478 e. The van der Waals surface area contributed by atoms with Gasteiger partial charge in [-0.25, -0.2) is 9.59 Å². The van der Waals surface area contributed by atoms with Crippen molar-refractivity contribution >= 4 is 11.9 Å². The number of methoxy groups -OCH3 is 1. The van der Waals surface area contributed by atoms with Gasteiger partial charge in [-0.05, 0) is 12.0 Å². The van der Waals surface area contributed by atoms with Crippen molar-refractivity contribution in [1.82, 2.24) is 4.57 Å². The lowest BCUT2D eigenvalue weighted by molar-refractivity contribution is 0.0656. The van der Waals surface area contributed by atoms with Gasteiger partial charge >= 0.3 is 11.9 Å². The Morgan fingerprint density at radius 1 is 1.14 bits per heavy atom. The van der Waals surface area contributed by atoms with E-state index in [9.17, 15) is 19.8 Å². The van der Waals surface area contributed by atoms with Gasteiger partial charge in [-0.15, -0.1) is 0 Å². The first-order chi connectivity index (χ1) is 10.5. The van der Waals surface area contributed by atoms with Crippen molar-refractivity contribution < 1.29 is 24.5 Å². The molecule has 0 aliphatic rings. The van der Waals surface area contributed by atoms with Crippen molar-refractivity contribution in [3.8, 4) is 11.1 Å². The van der Waals surface area contributed by atoms with E-state index in [0.717, 1.165) is 0 Å². The number of carboxylic acids is 2. The van der Waals surface area contributed by atoms with Gasteiger partial charge < -0.3 is 19.5 Å². The van der Waals surface area contributed by atoms with Crippen LogP contribution in [0.1, 0.15) is 33.5 Å². The number of hydrogen-bond donors (Lipinski definition) is 2. The van der Waals surface area contributed by atoms with Crippen molar-refractivity contribution in [2.75, 3.05) is 7.11 Å².